The van der Waals surface area contributed by atoms with Crippen LogP contribution < -0.4 is 4.90 Å². The van der Waals surface area contributed by atoms with Crippen molar-refractivity contribution in [1.29, 1.82) is 0 Å². The molecule has 0 aliphatic carbocycles. The summed E-state index contributed by atoms with van der Waals surface area (Å²) in [4.78, 5) is 27.6. The number of aliphatic hydroxyl groups is 1. The summed E-state index contributed by atoms with van der Waals surface area (Å²) in [6, 6.07) is 9.49. The normalized spacial score (nSPS) is 15.6. The fourth-order valence-corrected chi connectivity index (χ4v) is 2.63. The van der Waals surface area contributed by atoms with Crippen LogP contribution in [-0.4, -0.2) is 48.1 Å². The standard InChI is InChI=1S/C17H24N2O3/c1-18(14-6-3-2-4-7-14)16(21)8-5-9-17(22)19-12-10-15(20)11-13-19/h2-4,6-7,15,20H,5,8-13H2,1H3. The zero-order valence-corrected chi connectivity index (χ0v) is 13.1. The SMILES string of the molecule is CN(C(=O)CCCC(=O)N1CCC(O)CC1)c1ccccc1. The number of aliphatic hydroxyl groups excluding tert-OH is 1. The van der Waals surface area contributed by atoms with Crippen LogP contribution >= 0.6 is 0 Å². The molecule has 0 spiro atoms. The van der Waals surface area contributed by atoms with E-state index in [4.69, 9.17) is 0 Å². The second-order valence-electron chi connectivity index (χ2n) is 5.75. The van der Waals surface area contributed by atoms with Crippen molar-refractivity contribution >= 4 is 17.5 Å². The highest BCUT2D eigenvalue weighted by Gasteiger charge is 2.21. The Morgan fingerprint density at radius 1 is 1.18 bits per heavy atom. The second-order valence-corrected chi connectivity index (χ2v) is 5.75. The molecular weight excluding hydrogens is 280 g/mol. The highest BCUT2D eigenvalue weighted by molar-refractivity contribution is 5.93. The summed E-state index contributed by atoms with van der Waals surface area (Å²) >= 11 is 0. The molecule has 1 aromatic carbocycles. The zero-order chi connectivity index (χ0) is 15.9. The molecule has 0 aromatic heterocycles. The molecule has 120 valence electrons. The summed E-state index contributed by atoms with van der Waals surface area (Å²) in [5, 5.41) is 9.44. The topological polar surface area (TPSA) is 60.9 Å². The van der Waals surface area contributed by atoms with E-state index in [1.807, 2.05) is 30.3 Å². The molecule has 2 amide bonds. The lowest BCUT2D eigenvalue weighted by atomic mass is 10.1. The number of hydrogen-bond donors (Lipinski definition) is 1. The van der Waals surface area contributed by atoms with E-state index in [1.54, 1.807) is 16.8 Å². The van der Waals surface area contributed by atoms with Crippen molar-refractivity contribution in [3.05, 3.63) is 30.3 Å². The van der Waals surface area contributed by atoms with Crippen LogP contribution in [0.1, 0.15) is 32.1 Å². The maximum absolute atomic E-state index is 12.1. The van der Waals surface area contributed by atoms with E-state index in [1.165, 1.54) is 0 Å². The van der Waals surface area contributed by atoms with Gasteiger partial charge in [0.05, 0.1) is 6.10 Å². The number of amides is 2. The molecule has 5 nitrogen and oxygen atoms in total. The molecule has 0 unspecified atom stereocenters. The smallest absolute Gasteiger partial charge is 0.226 e. The lowest BCUT2D eigenvalue weighted by Gasteiger charge is -2.29. The largest absolute Gasteiger partial charge is 0.393 e. The van der Waals surface area contributed by atoms with Crippen molar-refractivity contribution in [3.8, 4) is 0 Å². The number of para-hydroxylation sites is 1. The molecule has 1 aliphatic rings. The number of piperidine rings is 1. The molecule has 0 saturated carbocycles. The Kier molecular flexibility index (Phi) is 5.95. The van der Waals surface area contributed by atoms with Gasteiger partial charge in [-0.25, -0.2) is 0 Å². The van der Waals surface area contributed by atoms with E-state index >= 15 is 0 Å². The van der Waals surface area contributed by atoms with Crippen LogP contribution in [0.15, 0.2) is 30.3 Å². The first-order chi connectivity index (χ1) is 10.6. The number of rotatable bonds is 5. The van der Waals surface area contributed by atoms with Gasteiger partial charge in [-0.1, -0.05) is 18.2 Å². The Balaban J connectivity index is 1.71. The van der Waals surface area contributed by atoms with E-state index in [-0.39, 0.29) is 17.9 Å². The third kappa shape index (κ3) is 4.56. The van der Waals surface area contributed by atoms with Gasteiger partial charge in [-0.05, 0) is 31.4 Å². The second kappa shape index (κ2) is 7.94. The van der Waals surface area contributed by atoms with E-state index in [0.29, 0.717) is 45.2 Å². The van der Waals surface area contributed by atoms with Gasteiger partial charge in [0.1, 0.15) is 0 Å². The van der Waals surface area contributed by atoms with E-state index < -0.39 is 0 Å². The fraction of sp³-hybridized carbons (Fsp3) is 0.529. The van der Waals surface area contributed by atoms with E-state index in [0.717, 1.165) is 5.69 Å². The number of likely N-dealkylation sites (tertiary alicyclic amines) is 1. The number of benzene rings is 1. The Hall–Kier alpha value is -1.88. The molecule has 1 N–H and O–H groups in total. The Morgan fingerprint density at radius 3 is 2.45 bits per heavy atom. The highest BCUT2D eigenvalue weighted by atomic mass is 16.3. The molecule has 2 rings (SSSR count). The molecule has 0 bridgehead atoms. The van der Waals surface area contributed by atoms with E-state index in [2.05, 4.69) is 0 Å². The van der Waals surface area contributed by atoms with Crippen LogP contribution in [0.5, 0.6) is 0 Å². The predicted molar refractivity (Wildman–Crippen MR) is 85.5 cm³/mol. The first kappa shape index (κ1) is 16.5. The molecular formula is C17H24N2O3. The number of carbonyl (C=O) groups is 2. The summed E-state index contributed by atoms with van der Waals surface area (Å²) in [6.07, 6.45) is 2.36. The maximum Gasteiger partial charge on any atom is 0.226 e. The Bertz CT molecular complexity index is 496. The van der Waals surface area contributed by atoms with Crippen molar-refractivity contribution in [1.82, 2.24) is 4.90 Å². The van der Waals surface area contributed by atoms with Crippen molar-refractivity contribution in [2.75, 3.05) is 25.0 Å². The zero-order valence-electron chi connectivity index (χ0n) is 13.1. The Labute approximate surface area is 131 Å². The predicted octanol–water partition coefficient (Wildman–Crippen LogP) is 1.80. The number of hydrogen-bond acceptors (Lipinski definition) is 3. The summed E-state index contributed by atoms with van der Waals surface area (Å²) in [5.74, 6) is 0.107. The third-order valence-electron chi connectivity index (χ3n) is 4.12. The lowest BCUT2D eigenvalue weighted by molar-refractivity contribution is -0.133. The molecule has 5 heteroatoms. The molecule has 1 aliphatic heterocycles. The maximum atomic E-state index is 12.1. The Morgan fingerprint density at radius 2 is 1.82 bits per heavy atom. The van der Waals surface area contributed by atoms with Crippen LogP contribution in [0.25, 0.3) is 0 Å². The first-order valence-electron chi connectivity index (χ1n) is 7.85. The summed E-state index contributed by atoms with van der Waals surface area (Å²) in [6.45, 7) is 1.25. The van der Waals surface area contributed by atoms with Gasteiger partial charge < -0.3 is 14.9 Å². The fourth-order valence-electron chi connectivity index (χ4n) is 2.63. The van der Waals surface area contributed by atoms with Gasteiger partial charge in [0.2, 0.25) is 11.8 Å². The monoisotopic (exact) mass is 304 g/mol. The molecule has 1 aromatic rings. The van der Waals surface area contributed by atoms with Crippen molar-refractivity contribution < 1.29 is 14.7 Å². The highest BCUT2D eigenvalue weighted by Crippen LogP contribution is 2.15. The van der Waals surface area contributed by atoms with Crippen molar-refractivity contribution in [2.45, 2.75) is 38.2 Å². The third-order valence-corrected chi connectivity index (χ3v) is 4.12. The van der Waals surface area contributed by atoms with Crippen LogP contribution in [-0.2, 0) is 9.59 Å². The van der Waals surface area contributed by atoms with Gasteiger partial charge in [0.25, 0.3) is 0 Å². The number of carbonyl (C=O) groups excluding carboxylic acids is 2. The summed E-state index contributed by atoms with van der Waals surface area (Å²) in [7, 11) is 1.76. The van der Waals surface area contributed by atoms with Gasteiger partial charge >= 0.3 is 0 Å². The number of anilines is 1. The molecule has 0 radical (unpaired) electrons. The average Bonchev–Trinajstić information content (AvgIpc) is 2.55. The summed E-state index contributed by atoms with van der Waals surface area (Å²) in [5.41, 5.74) is 0.865. The number of nitrogens with zero attached hydrogens (tertiary/aromatic N) is 2. The van der Waals surface area contributed by atoms with Gasteiger partial charge in [-0.3, -0.25) is 9.59 Å². The van der Waals surface area contributed by atoms with Gasteiger partial charge in [0.15, 0.2) is 0 Å². The minimum Gasteiger partial charge on any atom is -0.393 e. The van der Waals surface area contributed by atoms with Crippen LogP contribution in [0.2, 0.25) is 0 Å². The summed E-state index contributed by atoms with van der Waals surface area (Å²) < 4.78 is 0. The molecule has 0 atom stereocenters. The molecule has 1 fully saturated rings. The van der Waals surface area contributed by atoms with Gasteiger partial charge in [-0.2, -0.15) is 0 Å². The van der Waals surface area contributed by atoms with Crippen LogP contribution in [0.3, 0.4) is 0 Å². The van der Waals surface area contributed by atoms with Gasteiger partial charge in [-0.15, -0.1) is 0 Å². The quantitative estimate of drug-likeness (QED) is 0.902. The molecule has 1 saturated heterocycles. The first-order valence-corrected chi connectivity index (χ1v) is 7.85. The van der Waals surface area contributed by atoms with Crippen LogP contribution in [0, 0.1) is 0 Å². The van der Waals surface area contributed by atoms with Crippen molar-refractivity contribution in [2.24, 2.45) is 0 Å². The van der Waals surface area contributed by atoms with E-state index in [9.17, 15) is 14.7 Å². The minimum atomic E-state index is -0.273. The minimum absolute atomic E-state index is 0.0214. The van der Waals surface area contributed by atoms with Gasteiger partial charge in [0, 0.05) is 38.7 Å². The lowest BCUT2D eigenvalue weighted by Crippen LogP contribution is -2.40. The molecule has 1 heterocycles. The van der Waals surface area contributed by atoms with Crippen LogP contribution in [0.4, 0.5) is 5.69 Å². The van der Waals surface area contributed by atoms with Crippen molar-refractivity contribution in [3.63, 3.8) is 0 Å². The molecule has 22 heavy (non-hydrogen) atoms. The average molecular weight is 304 g/mol.